The molecule has 3 aliphatic rings. The Kier molecular flexibility index (Phi) is 4.77. The van der Waals surface area contributed by atoms with Gasteiger partial charge in [-0.25, -0.2) is 8.42 Å². The van der Waals surface area contributed by atoms with Gasteiger partial charge in [0.15, 0.2) is 6.61 Å². The van der Waals surface area contributed by atoms with Gasteiger partial charge in [0.1, 0.15) is 10.6 Å². The third-order valence-corrected chi connectivity index (χ3v) is 7.65. The lowest BCUT2D eigenvalue weighted by atomic mass is 9.84. The van der Waals surface area contributed by atoms with Gasteiger partial charge >= 0.3 is 0 Å². The van der Waals surface area contributed by atoms with Crippen molar-refractivity contribution in [3.8, 4) is 5.75 Å². The molecule has 1 saturated heterocycles. The first kappa shape index (κ1) is 18.5. The quantitative estimate of drug-likeness (QED) is 0.805. The number of ether oxygens (including phenoxy) is 1. The molecule has 0 aromatic heterocycles. The minimum atomic E-state index is -3.83. The molecule has 4 rings (SSSR count). The third-order valence-electron chi connectivity index (χ3n) is 5.29. The Morgan fingerprint density at radius 1 is 1.19 bits per heavy atom. The largest absolute Gasteiger partial charge is 0.482 e. The lowest BCUT2D eigenvalue weighted by Crippen LogP contribution is -2.52. The van der Waals surface area contributed by atoms with Crippen LogP contribution in [0.1, 0.15) is 19.3 Å². The Hall–Kier alpha value is -1.84. The zero-order valence-electron chi connectivity index (χ0n) is 14.6. The van der Waals surface area contributed by atoms with Crippen molar-refractivity contribution >= 4 is 39.1 Å². The number of nitrogens with one attached hydrogen (secondary N) is 1. The molecule has 8 nitrogen and oxygen atoms in total. The summed E-state index contributed by atoms with van der Waals surface area (Å²) in [7, 11) is -3.83. The maximum Gasteiger partial charge on any atom is 0.262 e. The summed E-state index contributed by atoms with van der Waals surface area (Å²) >= 11 is 6.18. The first-order valence-electron chi connectivity index (χ1n) is 8.91. The number of amides is 2. The van der Waals surface area contributed by atoms with Crippen molar-refractivity contribution in [1.82, 2.24) is 9.21 Å². The van der Waals surface area contributed by atoms with Crippen LogP contribution in [0.4, 0.5) is 5.69 Å². The molecule has 146 valence electrons. The number of anilines is 1. The lowest BCUT2D eigenvalue weighted by molar-refractivity contribution is -0.139. The number of piperazine rings is 1. The highest BCUT2D eigenvalue weighted by atomic mass is 35.5. The number of benzene rings is 1. The molecule has 27 heavy (non-hydrogen) atoms. The number of carbonyl (C=O) groups is 2. The number of sulfonamides is 1. The summed E-state index contributed by atoms with van der Waals surface area (Å²) in [6, 6.07) is 2.73. The van der Waals surface area contributed by atoms with Gasteiger partial charge < -0.3 is 15.0 Å². The number of rotatable bonds is 3. The third kappa shape index (κ3) is 3.39. The van der Waals surface area contributed by atoms with Gasteiger partial charge in [0.2, 0.25) is 15.9 Å². The second-order valence-electron chi connectivity index (χ2n) is 6.97. The second-order valence-corrected chi connectivity index (χ2v) is 9.29. The van der Waals surface area contributed by atoms with E-state index in [0.717, 1.165) is 19.3 Å². The maximum absolute atomic E-state index is 13.0. The minimum absolute atomic E-state index is 0.0209. The smallest absolute Gasteiger partial charge is 0.262 e. The molecule has 2 aliphatic heterocycles. The second kappa shape index (κ2) is 6.96. The molecule has 1 aromatic carbocycles. The topological polar surface area (TPSA) is 96.0 Å². The summed E-state index contributed by atoms with van der Waals surface area (Å²) in [6.45, 7) is 1.04. The van der Waals surface area contributed by atoms with Crippen LogP contribution in [0.2, 0.25) is 5.02 Å². The van der Waals surface area contributed by atoms with E-state index >= 15 is 0 Å². The summed E-state index contributed by atoms with van der Waals surface area (Å²) in [6.07, 6.45) is 2.95. The molecule has 0 bridgehead atoms. The van der Waals surface area contributed by atoms with Gasteiger partial charge in [-0.15, -0.1) is 0 Å². The molecule has 10 heteroatoms. The standard InChI is InChI=1S/C17H20ClN3O5S/c18-12-8-13-14(26-10-16(22)19-13)9-15(12)27(24,25)21-6-4-20(5-7-21)17(23)11-2-1-3-11/h8-9,11H,1-7,10H2,(H,19,22). The van der Waals surface area contributed by atoms with Crippen molar-refractivity contribution < 1.29 is 22.7 Å². The van der Waals surface area contributed by atoms with E-state index in [1.165, 1.54) is 16.4 Å². The van der Waals surface area contributed by atoms with Gasteiger partial charge in [0.25, 0.3) is 5.91 Å². The van der Waals surface area contributed by atoms with Gasteiger partial charge in [-0.05, 0) is 18.9 Å². The van der Waals surface area contributed by atoms with Crippen molar-refractivity contribution in [1.29, 1.82) is 0 Å². The average Bonchev–Trinajstić information content (AvgIpc) is 2.59. The molecule has 0 spiro atoms. The molecule has 0 atom stereocenters. The van der Waals surface area contributed by atoms with E-state index < -0.39 is 10.0 Å². The van der Waals surface area contributed by atoms with E-state index in [4.69, 9.17) is 16.3 Å². The van der Waals surface area contributed by atoms with E-state index in [0.29, 0.717) is 18.8 Å². The Labute approximate surface area is 162 Å². The molecular formula is C17H20ClN3O5S. The molecule has 1 saturated carbocycles. The van der Waals surface area contributed by atoms with E-state index in [-0.39, 0.29) is 53.1 Å². The molecule has 2 amide bonds. The van der Waals surface area contributed by atoms with Crippen molar-refractivity contribution in [3.63, 3.8) is 0 Å². The van der Waals surface area contributed by atoms with Crippen LogP contribution in [0.25, 0.3) is 0 Å². The number of fused-ring (bicyclic) bond motifs is 1. The Bertz CT molecular complexity index is 892. The summed E-state index contributed by atoms with van der Waals surface area (Å²) in [4.78, 5) is 25.4. The van der Waals surface area contributed by atoms with Crippen LogP contribution in [0.15, 0.2) is 17.0 Å². The summed E-state index contributed by atoms with van der Waals surface area (Å²) < 4.78 is 32.7. The summed E-state index contributed by atoms with van der Waals surface area (Å²) in [5.41, 5.74) is 0.353. The number of hydrogen-bond acceptors (Lipinski definition) is 5. The average molecular weight is 414 g/mol. The van der Waals surface area contributed by atoms with E-state index in [9.17, 15) is 18.0 Å². The zero-order valence-corrected chi connectivity index (χ0v) is 16.2. The van der Waals surface area contributed by atoms with Crippen LogP contribution in [0, 0.1) is 5.92 Å². The van der Waals surface area contributed by atoms with Gasteiger partial charge in [-0.2, -0.15) is 4.31 Å². The molecule has 2 heterocycles. The molecule has 0 radical (unpaired) electrons. The monoisotopic (exact) mass is 413 g/mol. The number of halogens is 1. The number of carbonyl (C=O) groups excluding carboxylic acids is 2. The van der Waals surface area contributed by atoms with Crippen LogP contribution in [-0.2, 0) is 19.6 Å². The predicted octanol–water partition coefficient (Wildman–Crippen LogP) is 1.30. The van der Waals surface area contributed by atoms with Gasteiger partial charge in [0.05, 0.1) is 10.7 Å². The predicted molar refractivity (Wildman–Crippen MR) is 98.3 cm³/mol. The molecule has 1 N–H and O–H groups in total. The van der Waals surface area contributed by atoms with Crippen LogP contribution in [0.5, 0.6) is 5.75 Å². The number of hydrogen-bond donors (Lipinski definition) is 1. The Morgan fingerprint density at radius 2 is 1.89 bits per heavy atom. The van der Waals surface area contributed by atoms with Crippen LogP contribution < -0.4 is 10.1 Å². The van der Waals surface area contributed by atoms with E-state index in [1.807, 2.05) is 0 Å². The molecular weight excluding hydrogens is 394 g/mol. The lowest BCUT2D eigenvalue weighted by Gasteiger charge is -2.37. The highest BCUT2D eigenvalue weighted by Crippen LogP contribution is 2.37. The first-order chi connectivity index (χ1) is 12.9. The minimum Gasteiger partial charge on any atom is -0.482 e. The molecule has 2 fully saturated rings. The van der Waals surface area contributed by atoms with Crippen molar-refractivity contribution in [2.75, 3.05) is 38.1 Å². The molecule has 0 unspecified atom stereocenters. The highest BCUT2D eigenvalue weighted by molar-refractivity contribution is 7.89. The van der Waals surface area contributed by atoms with Crippen LogP contribution >= 0.6 is 11.6 Å². The summed E-state index contributed by atoms with van der Waals surface area (Å²) in [5, 5.41) is 2.62. The number of nitrogens with zero attached hydrogens (tertiary/aromatic N) is 2. The fourth-order valence-corrected chi connectivity index (χ4v) is 5.42. The van der Waals surface area contributed by atoms with Crippen molar-refractivity contribution in [2.45, 2.75) is 24.2 Å². The SMILES string of the molecule is O=C1COc2cc(S(=O)(=O)N3CCN(C(=O)C4CCC4)CC3)c(Cl)cc2N1. The Morgan fingerprint density at radius 3 is 2.52 bits per heavy atom. The van der Waals surface area contributed by atoms with Crippen LogP contribution in [-0.4, -0.2) is 62.2 Å². The van der Waals surface area contributed by atoms with Crippen molar-refractivity contribution in [3.05, 3.63) is 17.2 Å². The van der Waals surface area contributed by atoms with E-state index in [2.05, 4.69) is 5.32 Å². The normalized spacial score (nSPS) is 21.1. The zero-order chi connectivity index (χ0) is 19.2. The fraction of sp³-hybridized carbons (Fsp3) is 0.529. The summed E-state index contributed by atoms with van der Waals surface area (Å²) in [5.74, 6) is 0.197. The van der Waals surface area contributed by atoms with Crippen LogP contribution in [0.3, 0.4) is 0 Å². The fourth-order valence-electron chi connectivity index (χ4n) is 3.48. The van der Waals surface area contributed by atoms with Gasteiger partial charge in [-0.1, -0.05) is 18.0 Å². The Balaban J connectivity index is 1.51. The van der Waals surface area contributed by atoms with Gasteiger partial charge in [0, 0.05) is 38.2 Å². The van der Waals surface area contributed by atoms with Crippen molar-refractivity contribution in [2.24, 2.45) is 5.92 Å². The first-order valence-corrected chi connectivity index (χ1v) is 10.7. The van der Waals surface area contributed by atoms with E-state index in [1.54, 1.807) is 4.90 Å². The van der Waals surface area contributed by atoms with Gasteiger partial charge in [-0.3, -0.25) is 9.59 Å². The maximum atomic E-state index is 13.0. The highest BCUT2D eigenvalue weighted by Gasteiger charge is 2.35. The molecule has 1 aliphatic carbocycles. The molecule has 1 aromatic rings.